The van der Waals surface area contributed by atoms with E-state index in [2.05, 4.69) is 30.4 Å². The summed E-state index contributed by atoms with van der Waals surface area (Å²) >= 11 is 0.460. The Labute approximate surface area is 268 Å². The fourth-order valence-corrected chi connectivity index (χ4v) is 3.56. The molecule has 4 radical (unpaired) electrons. The Kier molecular flexibility index (Phi) is 18.9. The second kappa shape index (κ2) is 21.6. The normalized spacial score (nSPS) is 14.2. The average molecular weight is 784 g/mol. The van der Waals surface area contributed by atoms with Crippen molar-refractivity contribution in [1.82, 2.24) is 10.6 Å². The number of ketones is 2. The van der Waals surface area contributed by atoms with Gasteiger partial charge in [0.25, 0.3) is 0 Å². The number of carbonyl (C=O) groups is 4. The number of aliphatic carboxylic acids is 2. The summed E-state index contributed by atoms with van der Waals surface area (Å²) in [7, 11) is 0. The summed E-state index contributed by atoms with van der Waals surface area (Å²) in [5.74, 6) is -1.87. The van der Waals surface area contributed by atoms with Crippen LogP contribution in [0.5, 0.6) is 0 Å². The molecule has 4 N–H and O–H groups in total. The molecule has 0 aliphatic heterocycles. The summed E-state index contributed by atoms with van der Waals surface area (Å²) in [6.07, 6.45) is 9.84. The van der Waals surface area contributed by atoms with Crippen LogP contribution >= 0.6 is 0 Å². The topological polar surface area (TPSA) is 133 Å². The van der Waals surface area contributed by atoms with Gasteiger partial charge in [0.2, 0.25) is 0 Å². The molecule has 4 rings (SSSR count). The van der Waals surface area contributed by atoms with Crippen molar-refractivity contribution >= 4 is 89.1 Å². The van der Waals surface area contributed by atoms with Crippen LogP contribution in [0.3, 0.4) is 0 Å². The van der Waals surface area contributed by atoms with E-state index in [9.17, 15) is 19.2 Å². The van der Waals surface area contributed by atoms with Gasteiger partial charge in [-0.05, 0) is 34.4 Å². The van der Waals surface area contributed by atoms with E-state index in [0.29, 0.717) is 24.2 Å². The van der Waals surface area contributed by atoms with Gasteiger partial charge in [0.1, 0.15) is 0 Å². The Morgan fingerprint density at radius 1 is 0.643 bits per heavy atom. The first-order valence-corrected chi connectivity index (χ1v) is 24.7. The number of hydrogen-bond acceptors (Lipinski definition) is 6. The molecule has 0 amide bonds. The number of nitrogens with one attached hydrogen (secondary N) is 2. The molecule has 0 spiro atoms. The zero-order valence-electron chi connectivity index (χ0n) is 24.4. The molecule has 2 aliphatic carbocycles. The van der Waals surface area contributed by atoms with E-state index in [4.69, 9.17) is 10.2 Å². The molecule has 0 aromatic heterocycles. The van der Waals surface area contributed by atoms with Gasteiger partial charge in [-0.15, -0.1) is 0 Å². The monoisotopic (exact) mass is 786 g/mol. The molecule has 220 valence electrons. The Hall–Kier alpha value is -3.12. The van der Waals surface area contributed by atoms with Gasteiger partial charge in [0, 0.05) is 36.6 Å². The molecule has 0 saturated carbocycles. The molecule has 0 bridgehead atoms. The predicted molar refractivity (Wildman–Crippen MR) is 172 cm³/mol. The van der Waals surface area contributed by atoms with Crippen LogP contribution in [0.15, 0.2) is 73.1 Å². The summed E-state index contributed by atoms with van der Waals surface area (Å²) in [4.78, 5) is 53.5. The van der Waals surface area contributed by atoms with Gasteiger partial charge in [0.05, 0.1) is 12.8 Å². The van der Waals surface area contributed by atoms with Crippen LogP contribution in [0.2, 0.25) is 19.8 Å². The van der Waals surface area contributed by atoms with Gasteiger partial charge >= 0.3 is 74.0 Å². The zero-order chi connectivity index (χ0) is 31.3. The third kappa shape index (κ3) is 13.7. The molecule has 0 fully saturated rings. The molecular formula is C32H38N2O6Sn2. The van der Waals surface area contributed by atoms with Crippen LogP contribution in [0, 0.1) is 0 Å². The van der Waals surface area contributed by atoms with E-state index in [1.54, 1.807) is 24.6 Å². The first-order chi connectivity index (χ1) is 20.2. The van der Waals surface area contributed by atoms with E-state index < -0.39 is 11.9 Å². The number of fused-ring (bicyclic) bond motifs is 2. The minimum atomic E-state index is -0.865. The number of allylic oxidation sites excluding steroid dienone is 4. The van der Waals surface area contributed by atoms with Crippen LogP contribution < -0.4 is 10.6 Å². The maximum absolute atomic E-state index is 11.8. The molecule has 0 heterocycles. The van der Waals surface area contributed by atoms with Crippen molar-refractivity contribution in [3.8, 4) is 0 Å². The molecule has 2 aromatic carbocycles. The van der Waals surface area contributed by atoms with E-state index in [0.717, 1.165) is 22.3 Å². The summed E-state index contributed by atoms with van der Waals surface area (Å²) in [5.41, 5.74) is 4.85. The van der Waals surface area contributed by atoms with Crippen LogP contribution in [-0.2, 0) is 19.2 Å². The van der Waals surface area contributed by atoms with Crippen molar-refractivity contribution in [3.63, 3.8) is 0 Å². The third-order valence-corrected chi connectivity index (χ3v) is 5.32. The quantitative estimate of drug-likeness (QED) is 0.168. The number of hydrogen-bond donors (Lipinski definition) is 4. The molecule has 42 heavy (non-hydrogen) atoms. The molecule has 2 aliphatic rings. The van der Waals surface area contributed by atoms with Crippen molar-refractivity contribution in [3.05, 3.63) is 95.3 Å². The Balaban J connectivity index is 0.000000354. The van der Waals surface area contributed by atoms with Crippen molar-refractivity contribution in [2.75, 3.05) is 13.1 Å². The van der Waals surface area contributed by atoms with E-state index in [1.165, 1.54) is 12.2 Å². The van der Waals surface area contributed by atoms with Crippen LogP contribution in [0.1, 0.15) is 35.1 Å². The first-order valence-electron chi connectivity index (χ1n) is 13.3. The molecule has 0 unspecified atom stereocenters. The summed E-state index contributed by atoms with van der Waals surface area (Å²) < 4.78 is 0. The first kappa shape index (κ1) is 36.9. The molecule has 0 atom stereocenters. The number of rotatable bonds is 8. The summed E-state index contributed by atoms with van der Waals surface area (Å²) in [5, 5.41) is 22.8. The SMILES string of the molecule is O=C(O)CCN/C=C1\C(=O)C=Cc2ccccc21.O=C(O)CCN/C=C1\C(=O)C=Cc2ccccc21.[CH3][Sn][CH3].[CH3][Sn][CH3]. The zero-order valence-corrected chi connectivity index (χ0v) is 30.1. The number of carboxylic acids is 2. The van der Waals surface area contributed by atoms with E-state index >= 15 is 0 Å². The fraction of sp³-hybridized carbons (Fsp3) is 0.250. The Morgan fingerprint density at radius 3 is 1.31 bits per heavy atom. The molecule has 10 heteroatoms. The Morgan fingerprint density at radius 2 is 0.976 bits per heavy atom. The third-order valence-electron chi connectivity index (χ3n) is 5.32. The second-order valence-corrected chi connectivity index (χ2v) is 14.6. The number of carboxylic acid groups (broad SMARTS) is 2. The second-order valence-electron chi connectivity index (χ2n) is 8.88. The van der Waals surface area contributed by atoms with Gasteiger partial charge < -0.3 is 20.8 Å². The standard InChI is InChI=1S/2C14H13NO3.4CH3.2Sn/c2*16-13-6-5-10-3-1-2-4-11(10)12(13)9-15-8-7-14(17)18;;;;;;/h2*1-6,9,15H,7-8H2,(H,17,18);4*1H3;;/b2*12-9-;;;;;;. The van der Waals surface area contributed by atoms with Crippen molar-refractivity contribution in [2.45, 2.75) is 32.6 Å². The van der Waals surface area contributed by atoms with Crippen LogP contribution in [0.4, 0.5) is 0 Å². The Bertz CT molecular complexity index is 1230. The van der Waals surface area contributed by atoms with Gasteiger partial charge in [-0.3, -0.25) is 19.2 Å². The molecule has 0 saturated heterocycles. The molecular weight excluding hydrogens is 746 g/mol. The van der Waals surface area contributed by atoms with Gasteiger partial charge in [0.15, 0.2) is 11.6 Å². The van der Waals surface area contributed by atoms with Crippen molar-refractivity contribution in [2.24, 2.45) is 0 Å². The maximum atomic E-state index is 11.8. The van der Waals surface area contributed by atoms with Crippen LogP contribution in [-0.4, -0.2) is 89.1 Å². The fourth-order valence-electron chi connectivity index (χ4n) is 3.56. The van der Waals surface area contributed by atoms with Crippen molar-refractivity contribution < 1.29 is 29.4 Å². The average Bonchev–Trinajstić information content (AvgIpc) is 2.96. The summed E-state index contributed by atoms with van der Waals surface area (Å²) in [6, 6.07) is 15.2. The minimum absolute atomic E-state index is 0.0233. The van der Waals surface area contributed by atoms with Gasteiger partial charge in [-0.2, -0.15) is 0 Å². The number of carbonyl (C=O) groups excluding carboxylic acids is 2. The predicted octanol–water partition coefficient (Wildman–Crippen LogP) is 4.95. The van der Waals surface area contributed by atoms with Gasteiger partial charge in [-0.25, -0.2) is 0 Å². The van der Waals surface area contributed by atoms with Crippen LogP contribution in [0.25, 0.3) is 23.3 Å². The molecule has 8 nitrogen and oxygen atoms in total. The van der Waals surface area contributed by atoms with Crippen molar-refractivity contribution in [1.29, 1.82) is 0 Å². The van der Waals surface area contributed by atoms with E-state index in [1.807, 2.05) is 48.5 Å². The number of benzene rings is 2. The molecule has 2 aromatic rings. The summed E-state index contributed by atoms with van der Waals surface area (Å²) in [6.45, 7) is 0.607. The van der Waals surface area contributed by atoms with Gasteiger partial charge in [-0.1, -0.05) is 60.7 Å². The van der Waals surface area contributed by atoms with E-state index in [-0.39, 0.29) is 66.7 Å².